The molecule has 0 saturated heterocycles. The standard InChI is InChI=1S/C15H22O4/c1-4-18-14(15(16)17)9-10-19-13-7-5-12(6-8-13)11(2)3/h5-8,11,14H,4,9-10H2,1-3H3,(H,16,17). The number of ether oxygens (including phenoxy) is 2. The molecule has 1 unspecified atom stereocenters. The Morgan fingerprint density at radius 1 is 1.26 bits per heavy atom. The van der Waals surface area contributed by atoms with Crippen molar-refractivity contribution >= 4 is 5.97 Å². The van der Waals surface area contributed by atoms with E-state index in [0.717, 1.165) is 5.75 Å². The minimum Gasteiger partial charge on any atom is -0.493 e. The lowest BCUT2D eigenvalue weighted by atomic mass is 10.0. The summed E-state index contributed by atoms with van der Waals surface area (Å²) in [4.78, 5) is 10.9. The third-order valence-electron chi connectivity index (χ3n) is 2.84. The molecule has 1 rings (SSSR count). The van der Waals surface area contributed by atoms with E-state index in [0.29, 0.717) is 25.6 Å². The highest BCUT2D eigenvalue weighted by Crippen LogP contribution is 2.18. The lowest BCUT2D eigenvalue weighted by molar-refractivity contribution is -0.150. The van der Waals surface area contributed by atoms with Gasteiger partial charge in [-0.05, 0) is 30.5 Å². The van der Waals surface area contributed by atoms with E-state index in [9.17, 15) is 4.79 Å². The fraction of sp³-hybridized carbons (Fsp3) is 0.533. The number of rotatable bonds is 8. The van der Waals surface area contributed by atoms with Crippen LogP contribution in [0.3, 0.4) is 0 Å². The molecule has 0 fully saturated rings. The van der Waals surface area contributed by atoms with Gasteiger partial charge in [-0.25, -0.2) is 4.79 Å². The van der Waals surface area contributed by atoms with Gasteiger partial charge in [0.1, 0.15) is 5.75 Å². The molecule has 0 amide bonds. The second-order valence-electron chi connectivity index (χ2n) is 4.64. The van der Waals surface area contributed by atoms with Crippen LogP contribution < -0.4 is 4.74 Å². The maximum absolute atomic E-state index is 10.9. The first-order chi connectivity index (χ1) is 9.04. The smallest absolute Gasteiger partial charge is 0.332 e. The Morgan fingerprint density at radius 3 is 2.37 bits per heavy atom. The highest BCUT2D eigenvalue weighted by atomic mass is 16.5. The predicted octanol–water partition coefficient (Wildman–Crippen LogP) is 3.07. The molecule has 4 heteroatoms. The molecule has 0 aliphatic rings. The zero-order valence-corrected chi connectivity index (χ0v) is 11.8. The van der Waals surface area contributed by atoms with Crippen molar-refractivity contribution in [3.63, 3.8) is 0 Å². The average molecular weight is 266 g/mol. The van der Waals surface area contributed by atoms with Crippen LogP contribution >= 0.6 is 0 Å². The van der Waals surface area contributed by atoms with Gasteiger partial charge in [0.2, 0.25) is 0 Å². The highest BCUT2D eigenvalue weighted by Gasteiger charge is 2.17. The second-order valence-corrected chi connectivity index (χ2v) is 4.64. The van der Waals surface area contributed by atoms with Crippen molar-refractivity contribution in [2.45, 2.75) is 39.2 Å². The number of carbonyl (C=O) groups is 1. The van der Waals surface area contributed by atoms with E-state index in [1.807, 2.05) is 24.3 Å². The molecule has 1 aromatic rings. The van der Waals surface area contributed by atoms with Gasteiger partial charge in [0.05, 0.1) is 6.61 Å². The van der Waals surface area contributed by atoms with Crippen LogP contribution in [0.4, 0.5) is 0 Å². The summed E-state index contributed by atoms with van der Waals surface area (Å²) in [5.74, 6) is 0.300. The third-order valence-corrected chi connectivity index (χ3v) is 2.84. The van der Waals surface area contributed by atoms with Crippen LogP contribution in [0.25, 0.3) is 0 Å². The molecule has 0 radical (unpaired) electrons. The SMILES string of the molecule is CCOC(CCOc1ccc(C(C)C)cc1)C(=O)O. The molecular weight excluding hydrogens is 244 g/mol. The summed E-state index contributed by atoms with van der Waals surface area (Å²) in [6, 6.07) is 7.87. The second kappa shape index (κ2) is 7.79. The molecular formula is C15H22O4. The first kappa shape index (κ1) is 15.5. The van der Waals surface area contributed by atoms with Crippen molar-refractivity contribution in [3.05, 3.63) is 29.8 Å². The monoisotopic (exact) mass is 266 g/mol. The van der Waals surface area contributed by atoms with E-state index in [1.165, 1.54) is 5.56 Å². The van der Waals surface area contributed by atoms with E-state index in [4.69, 9.17) is 14.6 Å². The average Bonchev–Trinajstić information content (AvgIpc) is 2.38. The van der Waals surface area contributed by atoms with Crippen molar-refractivity contribution in [1.82, 2.24) is 0 Å². The number of carboxylic acids is 1. The molecule has 4 nitrogen and oxygen atoms in total. The van der Waals surface area contributed by atoms with Crippen LogP contribution in [-0.2, 0) is 9.53 Å². The molecule has 19 heavy (non-hydrogen) atoms. The third kappa shape index (κ3) is 5.30. The van der Waals surface area contributed by atoms with Gasteiger partial charge in [0.25, 0.3) is 0 Å². The first-order valence-electron chi connectivity index (χ1n) is 6.61. The van der Waals surface area contributed by atoms with Crippen molar-refractivity contribution in [2.75, 3.05) is 13.2 Å². The summed E-state index contributed by atoms with van der Waals surface area (Å²) >= 11 is 0. The van der Waals surface area contributed by atoms with Gasteiger partial charge in [-0.3, -0.25) is 0 Å². The van der Waals surface area contributed by atoms with Crippen LogP contribution in [-0.4, -0.2) is 30.4 Å². The molecule has 1 N–H and O–H groups in total. The minimum atomic E-state index is -0.944. The number of carboxylic acid groups (broad SMARTS) is 1. The lowest BCUT2D eigenvalue weighted by Gasteiger charge is -2.13. The molecule has 0 spiro atoms. The Morgan fingerprint density at radius 2 is 1.89 bits per heavy atom. The molecule has 0 bridgehead atoms. The van der Waals surface area contributed by atoms with Crippen LogP contribution in [0.15, 0.2) is 24.3 Å². The normalized spacial score (nSPS) is 12.4. The van der Waals surface area contributed by atoms with Crippen LogP contribution in [0, 0.1) is 0 Å². The minimum absolute atomic E-state index is 0.331. The van der Waals surface area contributed by atoms with Crippen LogP contribution in [0.2, 0.25) is 0 Å². The van der Waals surface area contributed by atoms with E-state index in [1.54, 1.807) is 6.92 Å². The summed E-state index contributed by atoms with van der Waals surface area (Å²) in [5, 5.41) is 8.92. The Labute approximate surface area is 114 Å². The zero-order valence-electron chi connectivity index (χ0n) is 11.8. The number of benzene rings is 1. The lowest BCUT2D eigenvalue weighted by Crippen LogP contribution is -2.26. The zero-order chi connectivity index (χ0) is 14.3. The molecule has 0 aliphatic heterocycles. The Kier molecular flexibility index (Phi) is 6.36. The van der Waals surface area contributed by atoms with E-state index in [-0.39, 0.29) is 0 Å². The van der Waals surface area contributed by atoms with E-state index >= 15 is 0 Å². The van der Waals surface area contributed by atoms with Gasteiger partial charge in [-0.2, -0.15) is 0 Å². The number of hydrogen-bond acceptors (Lipinski definition) is 3. The molecule has 106 valence electrons. The van der Waals surface area contributed by atoms with Gasteiger partial charge in [-0.15, -0.1) is 0 Å². The van der Waals surface area contributed by atoms with Crippen LogP contribution in [0.5, 0.6) is 5.75 Å². The molecule has 0 aromatic heterocycles. The largest absolute Gasteiger partial charge is 0.493 e. The summed E-state index contributed by atoms with van der Waals surface area (Å²) in [6.45, 7) is 6.77. The van der Waals surface area contributed by atoms with Gasteiger partial charge >= 0.3 is 5.97 Å². The van der Waals surface area contributed by atoms with Gasteiger partial charge < -0.3 is 14.6 Å². The van der Waals surface area contributed by atoms with Gasteiger partial charge in [-0.1, -0.05) is 26.0 Å². The quantitative estimate of drug-likeness (QED) is 0.785. The summed E-state index contributed by atoms with van der Waals surface area (Å²) < 4.78 is 10.6. The fourth-order valence-corrected chi connectivity index (χ4v) is 1.71. The van der Waals surface area contributed by atoms with Crippen molar-refractivity contribution in [2.24, 2.45) is 0 Å². The first-order valence-corrected chi connectivity index (χ1v) is 6.61. The Balaban J connectivity index is 2.41. The van der Waals surface area contributed by atoms with Crippen molar-refractivity contribution in [1.29, 1.82) is 0 Å². The number of aliphatic carboxylic acids is 1. The maximum atomic E-state index is 10.9. The van der Waals surface area contributed by atoms with Crippen LogP contribution in [0.1, 0.15) is 38.7 Å². The van der Waals surface area contributed by atoms with E-state index in [2.05, 4.69) is 13.8 Å². The Hall–Kier alpha value is -1.55. The summed E-state index contributed by atoms with van der Waals surface area (Å²) in [6.07, 6.45) is -0.449. The molecule has 1 atom stereocenters. The number of hydrogen-bond donors (Lipinski definition) is 1. The molecule has 0 heterocycles. The van der Waals surface area contributed by atoms with Crippen molar-refractivity contribution in [3.8, 4) is 5.75 Å². The highest BCUT2D eigenvalue weighted by molar-refractivity contribution is 5.72. The van der Waals surface area contributed by atoms with Gasteiger partial charge in [0.15, 0.2) is 6.10 Å². The summed E-state index contributed by atoms with van der Waals surface area (Å²) in [7, 11) is 0. The maximum Gasteiger partial charge on any atom is 0.332 e. The topological polar surface area (TPSA) is 55.8 Å². The summed E-state index contributed by atoms with van der Waals surface area (Å²) in [5.41, 5.74) is 1.25. The fourth-order valence-electron chi connectivity index (χ4n) is 1.71. The predicted molar refractivity (Wildman–Crippen MR) is 73.7 cm³/mol. The van der Waals surface area contributed by atoms with E-state index < -0.39 is 12.1 Å². The van der Waals surface area contributed by atoms with Crippen molar-refractivity contribution < 1.29 is 19.4 Å². The molecule has 0 aliphatic carbocycles. The van der Waals surface area contributed by atoms with Gasteiger partial charge in [0, 0.05) is 13.0 Å². The molecule has 1 aromatic carbocycles. The Bertz CT molecular complexity index is 384. The molecule has 0 saturated carbocycles.